The molecule has 2 fully saturated rings. The van der Waals surface area contributed by atoms with Crippen molar-refractivity contribution in [2.24, 2.45) is 5.41 Å². The monoisotopic (exact) mass is 205 g/mol. The lowest BCUT2D eigenvalue weighted by Gasteiger charge is -2.58. The van der Waals surface area contributed by atoms with Crippen LogP contribution in [0.3, 0.4) is 0 Å². The molecular formula is C11H15N3O. The van der Waals surface area contributed by atoms with Gasteiger partial charge in [0.05, 0.1) is 18.0 Å². The van der Waals surface area contributed by atoms with Crippen LogP contribution in [0.25, 0.3) is 0 Å². The first-order valence-electron chi connectivity index (χ1n) is 5.31. The van der Waals surface area contributed by atoms with Gasteiger partial charge in [-0.05, 0) is 25.0 Å². The van der Waals surface area contributed by atoms with E-state index in [1.807, 2.05) is 18.3 Å². The van der Waals surface area contributed by atoms with E-state index in [4.69, 9.17) is 5.73 Å². The standard InChI is InChI=1S/C11H15N3O/c12-10-2-1-8(5-13-10)14-6-11(7-14)3-9(15)4-11/h1-2,5,9,15H,3-4,6-7H2,(H2,12,13). The summed E-state index contributed by atoms with van der Waals surface area (Å²) in [6.07, 6.45) is 3.69. The molecule has 15 heavy (non-hydrogen) atoms. The molecule has 1 saturated heterocycles. The molecule has 3 N–H and O–H groups in total. The highest BCUT2D eigenvalue weighted by atomic mass is 16.3. The van der Waals surface area contributed by atoms with Crippen molar-refractivity contribution in [3.63, 3.8) is 0 Å². The van der Waals surface area contributed by atoms with E-state index in [0.29, 0.717) is 11.2 Å². The van der Waals surface area contributed by atoms with Gasteiger partial charge in [0.15, 0.2) is 0 Å². The van der Waals surface area contributed by atoms with Crippen molar-refractivity contribution < 1.29 is 5.11 Å². The number of nitrogens with zero attached hydrogens (tertiary/aromatic N) is 2. The molecule has 0 atom stereocenters. The molecule has 1 aliphatic heterocycles. The predicted octanol–water partition coefficient (Wildman–Crippen LogP) is 0.625. The van der Waals surface area contributed by atoms with Crippen LogP contribution in [0, 0.1) is 5.41 Å². The quantitative estimate of drug-likeness (QED) is 0.705. The molecule has 3 rings (SSSR count). The third-order valence-corrected chi connectivity index (χ3v) is 3.53. The van der Waals surface area contributed by atoms with E-state index in [1.165, 1.54) is 0 Å². The van der Waals surface area contributed by atoms with Crippen LogP contribution < -0.4 is 10.6 Å². The van der Waals surface area contributed by atoms with Crippen LogP contribution in [0.15, 0.2) is 18.3 Å². The fraction of sp³-hybridized carbons (Fsp3) is 0.545. The van der Waals surface area contributed by atoms with Crippen LogP contribution in [0.4, 0.5) is 11.5 Å². The minimum atomic E-state index is -0.0586. The number of pyridine rings is 1. The maximum atomic E-state index is 9.29. The molecule has 0 aromatic carbocycles. The normalized spacial score (nSPS) is 23.7. The summed E-state index contributed by atoms with van der Waals surface area (Å²) in [5.41, 5.74) is 7.07. The topological polar surface area (TPSA) is 62.4 Å². The molecule has 2 aliphatic rings. The Kier molecular flexibility index (Phi) is 1.71. The van der Waals surface area contributed by atoms with E-state index in [9.17, 15) is 5.11 Å². The van der Waals surface area contributed by atoms with E-state index >= 15 is 0 Å². The van der Waals surface area contributed by atoms with Crippen molar-refractivity contribution in [3.05, 3.63) is 18.3 Å². The van der Waals surface area contributed by atoms with Gasteiger partial charge < -0.3 is 15.7 Å². The van der Waals surface area contributed by atoms with Gasteiger partial charge in [0.2, 0.25) is 0 Å². The number of aliphatic hydroxyl groups excluding tert-OH is 1. The van der Waals surface area contributed by atoms with Crippen molar-refractivity contribution in [1.82, 2.24) is 4.98 Å². The molecule has 80 valence electrons. The van der Waals surface area contributed by atoms with E-state index < -0.39 is 0 Å². The number of aromatic nitrogens is 1. The summed E-state index contributed by atoms with van der Waals surface area (Å²) in [7, 11) is 0. The third-order valence-electron chi connectivity index (χ3n) is 3.53. The molecule has 1 aromatic rings. The zero-order chi connectivity index (χ0) is 10.5. The van der Waals surface area contributed by atoms with Gasteiger partial charge >= 0.3 is 0 Å². The largest absolute Gasteiger partial charge is 0.393 e. The van der Waals surface area contributed by atoms with Crippen LogP contribution in [0.1, 0.15) is 12.8 Å². The Hall–Kier alpha value is -1.29. The molecule has 1 aromatic heterocycles. The number of anilines is 2. The SMILES string of the molecule is Nc1ccc(N2CC3(CC(O)C3)C2)cn1. The van der Waals surface area contributed by atoms with Crippen molar-refractivity contribution in [2.45, 2.75) is 18.9 Å². The third kappa shape index (κ3) is 1.36. The van der Waals surface area contributed by atoms with E-state index in [1.54, 1.807) is 0 Å². The number of hydrogen-bond acceptors (Lipinski definition) is 4. The maximum absolute atomic E-state index is 9.29. The number of aliphatic hydroxyl groups is 1. The molecule has 4 nitrogen and oxygen atoms in total. The van der Waals surface area contributed by atoms with Crippen LogP contribution in [-0.2, 0) is 0 Å². The lowest BCUT2D eigenvalue weighted by molar-refractivity contribution is -0.0491. The van der Waals surface area contributed by atoms with Gasteiger partial charge in [0.25, 0.3) is 0 Å². The van der Waals surface area contributed by atoms with Crippen LogP contribution in [0.2, 0.25) is 0 Å². The van der Waals surface area contributed by atoms with Crippen molar-refractivity contribution >= 4 is 11.5 Å². The van der Waals surface area contributed by atoms with Gasteiger partial charge in [-0.2, -0.15) is 0 Å². The molecule has 0 unspecified atom stereocenters. The number of nitrogen functional groups attached to an aromatic ring is 1. The number of hydrogen-bond donors (Lipinski definition) is 2. The highest BCUT2D eigenvalue weighted by Crippen LogP contribution is 2.49. The second kappa shape index (κ2) is 2.85. The van der Waals surface area contributed by atoms with Crippen molar-refractivity contribution in [3.8, 4) is 0 Å². The highest BCUT2D eigenvalue weighted by Gasteiger charge is 2.51. The number of nitrogens with two attached hydrogens (primary N) is 1. The van der Waals surface area contributed by atoms with Gasteiger partial charge in [-0.15, -0.1) is 0 Å². The van der Waals surface area contributed by atoms with Crippen LogP contribution >= 0.6 is 0 Å². The Morgan fingerprint density at radius 3 is 2.67 bits per heavy atom. The first-order chi connectivity index (χ1) is 7.17. The van der Waals surface area contributed by atoms with E-state index in [0.717, 1.165) is 31.6 Å². The summed E-state index contributed by atoms with van der Waals surface area (Å²) in [4.78, 5) is 6.37. The first-order valence-corrected chi connectivity index (χ1v) is 5.31. The number of rotatable bonds is 1. The summed E-state index contributed by atoms with van der Waals surface area (Å²) in [5, 5.41) is 9.29. The van der Waals surface area contributed by atoms with Gasteiger partial charge in [0.1, 0.15) is 5.82 Å². The van der Waals surface area contributed by atoms with Gasteiger partial charge in [-0.3, -0.25) is 0 Å². The van der Waals surface area contributed by atoms with Crippen molar-refractivity contribution in [2.75, 3.05) is 23.7 Å². The Morgan fingerprint density at radius 2 is 2.13 bits per heavy atom. The molecular weight excluding hydrogens is 190 g/mol. The lowest BCUT2D eigenvalue weighted by atomic mass is 9.62. The molecule has 1 spiro atoms. The van der Waals surface area contributed by atoms with Gasteiger partial charge in [0, 0.05) is 18.5 Å². The second-order valence-corrected chi connectivity index (χ2v) is 4.86. The first kappa shape index (κ1) is 8.97. The molecule has 0 radical (unpaired) electrons. The highest BCUT2D eigenvalue weighted by molar-refractivity contribution is 5.51. The molecule has 4 heteroatoms. The Balaban J connectivity index is 1.65. The summed E-state index contributed by atoms with van der Waals surface area (Å²) in [5.74, 6) is 0.563. The van der Waals surface area contributed by atoms with E-state index in [2.05, 4.69) is 9.88 Å². The minimum absolute atomic E-state index is 0.0586. The fourth-order valence-corrected chi connectivity index (χ4v) is 2.73. The molecule has 2 heterocycles. The zero-order valence-electron chi connectivity index (χ0n) is 8.56. The second-order valence-electron chi connectivity index (χ2n) is 4.86. The van der Waals surface area contributed by atoms with Crippen LogP contribution in [-0.4, -0.2) is 29.3 Å². The average Bonchev–Trinajstić information content (AvgIpc) is 2.11. The summed E-state index contributed by atoms with van der Waals surface area (Å²) in [6.45, 7) is 2.10. The maximum Gasteiger partial charge on any atom is 0.123 e. The summed E-state index contributed by atoms with van der Waals surface area (Å²) in [6, 6.07) is 3.83. The Bertz CT molecular complexity index is 362. The van der Waals surface area contributed by atoms with Crippen LogP contribution in [0.5, 0.6) is 0 Å². The predicted molar refractivity (Wildman–Crippen MR) is 58.5 cm³/mol. The van der Waals surface area contributed by atoms with Gasteiger partial charge in [-0.1, -0.05) is 0 Å². The molecule has 0 amide bonds. The zero-order valence-corrected chi connectivity index (χ0v) is 8.56. The summed E-state index contributed by atoms with van der Waals surface area (Å²) >= 11 is 0. The minimum Gasteiger partial charge on any atom is -0.393 e. The molecule has 1 aliphatic carbocycles. The van der Waals surface area contributed by atoms with Crippen molar-refractivity contribution in [1.29, 1.82) is 0 Å². The Morgan fingerprint density at radius 1 is 1.40 bits per heavy atom. The van der Waals surface area contributed by atoms with Gasteiger partial charge in [-0.25, -0.2) is 4.98 Å². The molecule has 0 bridgehead atoms. The Labute approximate surface area is 88.7 Å². The smallest absolute Gasteiger partial charge is 0.123 e. The van der Waals surface area contributed by atoms with E-state index in [-0.39, 0.29) is 6.10 Å². The average molecular weight is 205 g/mol. The lowest BCUT2D eigenvalue weighted by Crippen LogP contribution is -2.63. The molecule has 1 saturated carbocycles. The summed E-state index contributed by atoms with van der Waals surface area (Å²) < 4.78 is 0. The fourth-order valence-electron chi connectivity index (χ4n) is 2.73.